The molecule has 2 nitrogen and oxygen atoms in total. The lowest BCUT2D eigenvalue weighted by Gasteiger charge is -2.08. The van der Waals surface area contributed by atoms with Crippen molar-refractivity contribution < 1.29 is 13.9 Å². The number of para-hydroxylation sites is 1. The van der Waals surface area contributed by atoms with Crippen LogP contribution in [-0.2, 0) is 0 Å². The van der Waals surface area contributed by atoms with Crippen molar-refractivity contribution in [2.45, 2.75) is 0 Å². The molecule has 0 aliphatic rings. The third-order valence-electron chi connectivity index (χ3n) is 2.16. The molecule has 0 bridgehead atoms. The molecule has 0 aromatic heterocycles. The summed E-state index contributed by atoms with van der Waals surface area (Å²) in [6.07, 6.45) is 0.668. The zero-order chi connectivity index (χ0) is 12.3. The first-order valence-corrected chi connectivity index (χ1v) is 5.67. The van der Waals surface area contributed by atoms with Crippen LogP contribution < -0.4 is 4.74 Å². The summed E-state index contributed by atoms with van der Waals surface area (Å²) in [5, 5.41) is 0. The number of hydrogen-bond acceptors (Lipinski definition) is 2. The van der Waals surface area contributed by atoms with Crippen molar-refractivity contribution in [3.8, 4) is 11.5 Å². The van der Waals surface area contributed by atoms with Gasteiger partial charge in [-0.05, 0) is 30.3 Å². The standard InChI is InChI=1S/C13H8BrFO2/c14-10-5-6-12(9(7-10)8-16)17-13-4-2-1-3-11(13)15/h1-8H. The Hall–Kier alpha value is -1.68. The lowest BCUT2D eigenvalue weighted by molar-refractivity contribution is 0.112. The summed E-state index contributed by atoms with van der Waals surface area (Å²) in [7, 11) is 0. The van der Waals surface area contributed by atoms with E-state index in [9.17, 15) is 9.18 Å². The monoisotopic (exact) mass is 294 g/mol. The molecule has 0 aliphatic carbocycles. The molecule has 2 aromatic carbocycles. The first kappa shape index (κ1) is 11.8. The van der Waals surface area contributed by atoms with E-state index in [1.807, 2.05) is 0 Å². The van der Waals surface area contributed by atoms with Gasteiger partial charge in [0.25, 0.3) is 0 Å². The largest absolute Gasteiger partial charge is 0.454 e. The Balaban J connectivity index is 2.36. The Morgan fingerprint density at radius 2 is 1.88 bits per heavy atom. The van der Waals surface area contributed by atoms with Crippen LogP contribution in [0.25, 0.3) is 0 Å². The number of carbonyl (C=O) groups excluding carboxylic acids is 1. The molecular weight excluding hydrogens is 287 g/mol. The van der Waals surface area contributed by atoms with E-state index in [2.05, 4.69) is 15.9 Å². The normalized spacial score (nSPS) is 10.0. The fourth-order valence-electron chi connectivity index (χ4n) is 1.35. The van der Waals surface area contributed by atoms with E-state index in [1.165, 1.54) is 12.1 Å². The van der Waals surface area contributed by atoms with Crippen LogP contribution in [0.15, 0.2) is 46.9 Å². The Kier molecular flexibility index (Phi) is 3.54. The Morgan fingerprint density at radius 3 is 2.59 bits per heavy atom. The molecule has 0 fully saturated rings. The van der Waals surface area contributed by atoms with Crippen molar-refractivity contribution in [1.29, 1.82) is 0 Å². The van der Waals surface area contributed by atoms with Crippen LogP contribution >= 0.6 is 15.9 Å². The maximum absolute atomic E-state index is 13.4. The van der Waals surface area contributed by atoms with Gasteiger partial charge in [-0.3, -0.25) is 4.79 Å². The molecule has 2 aromatic rings. The highest BCUT2D eigenvalue weighted by molar-refractivity contribution is 9.10. The van der Waals surface area contributed by atoms with Gasteiger partial charge in [0, 0.05) is 4.47 Å². The van der Waals surface area contributed by atoms with E-state index >= 15 is 0 Å². The second-order valence-electron chi connectivity index (χ2n) is 3.33. The van der Waals surface area contributed by atoms with Gasteiger partial charge in [-0.15, -0.1) is 0 Å². The average molecular weight is 295 g/mol. The lowest BCUT2D eigenvalue weighted by Crippen LogP contribution is -1.92. The van der Waals surface area contributed by atoms with Gasteiger partial charge in [0.2, 0.25) is 0 Å². The third-order valence-corrected chi connectivity index (χ3v) is 2.65. The molecule has 0 unspecified atom stereocenters. The average Bonchev–Trinajstić information content (AvgIpc) is 2.34. The van der Waals surface area contributed by atoms with Crippen LogP contribution in [0.5, 0.6) is 11.5 Å². The quantitative estimate of drug-likeness (QED) is 0.793. The van der Waals surface area contributed by atoms with Crippen molar-refractivity contribution in [2.75, 3.05) is 0 Å². The second-order valence-corrected chi connectivity index (χ2v) is 4.25. The van der Waals surface area contributed by atoms with Crippen molar-refractivity contribution in [3.63, 3.8) is 0 Å². The fourth-order valence-corrected chi connectivity index (χ4v) is 1.73. The van der Waals surface area contributed by atoms with Crippen molar-refractivity contribution >= 4 is 22.2 Å². The van der Waals surface area contributed by atoms with Crippen molar-refractivity contribution in [2.24, 2.45) is 0 Å². The van der Waals surface area contributed by atoms with Crippen molar-refractivity contribution in [1.82, 2.24) is 0 Å². The number of aldehydes is 1. The van der Waals surface area contributed by atoms with Gasteiger partial charge in [0.05, 0.1) is 5.56 Å². The Bertz CT molecular complexity index is 555. The number of halogens is 2. The molecule has 0 atom stereocenters. The minimum absolute atomic E-state index is 0.0953. The fraction of sp³-hybridized carbons (Fsp3) is 0. The van der Waals surface area contributed by atoms with Crippen LogP contribution in [0.2, 0.25) is 0 Å². The predicted molar refractivity (Wildman–Crippen MR) is 66.0 cm³/mol. The minimum atomic E-state index is -0.465. The number of rotatable bonds is 3. The molecule has 0 saturated carbocycles. The van der Waals surface area contributed by atoms with Crippen LogP contribution in [-0.4, -0.2) is 6.29 Å². The van der Waals surface area contributed by atoms with Crippen LogP contribution in [0.4, 0.5) is 4.39 Å². The summed E-state index contributed by atoms with van der Waals surface area (Å²) >= 11 is 3.25. The molecule has 0 amide bonds. The molecule has 0 N–H and O–H groups in total. The van der Waals surface area contributed by atoms with Crippen LogP contribution in [0.3, 0.4) is 0 Å². The zero-order valence-corrected chi connectivity index (χ0v) is 10.3. The number of ether oxygens (including phenoxy) is 1. The second kappa shape index (κ2) is 5.10. The molecule has 86 valence electrons. The highest BCUT2D eigenvalue weighted by Crippen LogP contribution is 2.28. The van der Waals surface area contributed by atoms with E-state index in [4.69, 9.17) is 4.74 Å². The van der Waals surface area contributed by atoms with Gasteiger partial charge < -0.3 is 4.74 Å². The topological polar surface area (TPSA) is 26.3 Å². The van der Waals surface area contributed by atoms with Crippen LogP contribution in [0, 0.1) is 5.82 Å². The van der Waals surface area contributed by atoms with E-state index in [-0.39, 0.29) is 5.75 Å². The molecule has 0 radical (unpaired) electrons. The molecular formula is C13H8BrFO2. The summed E-state index contributed by atoms with van der Waals surface area (Å²) in [6.45, 7) is 0. The molecule has 0 saturated heterocycles. The number of benzene rings is 2. The smallest absolute Gasteiger partial charge is 0.165 e. The Labute approximate surface area is 106 Å². The molecule has 4 heteroatoms. The van der Waals surface area contributed by atoms with Gasteiger partial charge >= 0.3 is 0 Å². The molecule has 0 aliphatic heterocycles. The number of carbonyl (C=O) groups is 1. The highest BCUT2D eigenvalue weighted by atomic mass is 79.9. The first-order valence-electron chi connectivity index (χ1n) is 4.88. The third kappa shape index (κ3) is 2.71. The van der Waals surface area contributed by atoms with Gasteiger partial charge in [0.15, 0.2) is 17.9 Å². The zero-order valence-electron chi connectivity index (χ0n) is 8.69. The summed E-state index contributed by atoms with van der Waals surface area (Å²) < 4.78 is 19.5. The van der Waals surface area contributed by atoms with E-state index in [1.54, 1.807) is 30.3 Å². The first-order chi connectivity index (χ1) is 8.20. The van der Waals surface area contributed by atoms with Gasteiger partial charge in [0.1, 0.15) is 5.75 Å². The number of hydrogen-bond donors (Lipinski definition) is 0. The maximum Gasteiger partial charge on any atom is 0.165 e. The Morgan fingerprint density at radius 1 is 1.12 bits per heavy atom. The van der Waals surface area contributed by atoms with Gasteiger partial charge in [-0.1, -0.05) is 28.1 Å². The molecule has 17 heavy (non-hydrogen) atoms. The lowest BCUT2D eigenvalue weighted by atomic mass is 10.2. The molecule has 2 rings (SSSR count). The minimum Gasteiger partial charge on any atom is -0.454 e. The van der Waals surface area contributed by atoms with Crippen LogP contribution in [0.1, 0.15) is 10.4 Å². The van der Waals surface area contributed by atoms with E-state index in [0.29, 0.717) is 17.6 Å². The molecule has 0 heterocycles. The maximum atomic E-state index is 13.4. The summed E-state index contributed by atoms with van der Waals surface area (Å²) in [5.41, 5.74) is 0.364. The SMILES string of the molecule is O=Cc1cc(Br)ccc1Oc1ccccc1F. The van der Waals surface area contributed by atoms with Crippen molar-refractivity contribution in [3.05, 3.63) is 58.3 Å². The van der Waals surface area contributed by atoms with Gasteiger partial charge in [-0.25, -0.2) is 4.39 Å². The van der Waals surface area contributed by atoms with Gasteiger partial charge in [-0.2, -0.15) is 0 Å². The summed E-state index contributed by atoms with van der Waals surface area (Å²) in [6, 6.07) is 11.0. The predicted octanol–water partition coefficient (Wildman–Crippen LogP) is 4.19. The highest BCUT2D eigenvalue weighted by Gasteiger charge is 2.07. The van der Waals surface area contributed by atoms with E-state index in [0.717, 1.165) is 4.47 Å². The summed E-state index contributed by atoms with van der Waals surface area (Å²) in [5.74, 6) is -0.0431. The summed E-state index contributed by atoms with van der Waals surface area (Å²) in [4.78, 5) is 10.9. The van der Waals surface area contributed by atoms with E-state index < -0.39 is 5.82 Å². The molecule has 0 spiro atoms.